The van der Waals surface area contributed by atoms with Crippen LogP contribution in [0.15, 0.2) is 121 Å². The van der Waals surface area contributed by atoms with Crippen molar-refractivity contribution in [2.45, 2.75) is 34.1 Å². The molecule has 0 N–H and O–H groups in total. The molecule has 0 bridgehead atoms. The van der Waals surface area contributed by atoms with Crippen LogP contribution in [-0.2, 0) is 6.42 Å². The van der Waals surface area contributed by atoms with Gasteiger partial charge in [-0.3, -0.25) is 0 Å². The predicted octanol–water partition coefficient (Wildman–Crippen LogP) is 12.4. The molecule has 45 heavy (non-hydrogen) atoms. The Kier molecular flexibility index (Phi) is 5.62. The Morgan fingerprint density at radius 2 is 0.667 bits per heavy atom. The molecule has 0 aromatic heterocycles. The maximum Gasteiger partial charge on any atom is -0.00130 e. The summed E-state index contributed by atoms with van der Waals surface area (Å²) in [5, 5.41) is 10.7. The monoisotopic (exact) mass is 574 g/mol. The Balaban J connectivity index is 1.22. The molecule has 0 radical (unpaired) electrons. The molecular weight excluding hydrogens is 540 g/mol. The van der Waals surface area contributed by atoms with E-state index in [1.165, 1.54) is 110 Å². The van der Waals surface area contributed by atoms with Crippen molar-refractivity contribution in [3.63, 3.8) is 0 Å². The van der Waals surface area contributed by atoms with Crippen LogP contribution in [0.2, 0.25) is 0 Å². The van der Waals surface area contributed by atoms with Crippen molar-refractivity contribution in [1.82, 2.24) is 0 Å². The Morgan fingerprint density at radius 3 is 1.00 bits per heavy atom. The molecule has 8 aromatic carbocycles. The minimum Gasteiger partial charge on any atom is -0.0613 e. The summed E-state index contributed by atoms with van der Waals surface area (Å²) >= 11 is 0. The molecule has 1 aliphatic carbocycles. The SMILES string of the molecule is Cc1cccc2c(-c3ccc4c(c3)Cc3cc(-c5c6cccc(C)c6cc6c(C)cccc56)ccc3-4)c3cccc(C)c3cc12. The number of hydrogen-bond donors (Lipinski definition) is 0. The topological polar surface area (TPSA) is 0 Å². The van der Waals surface area contributed by atoms with Gasteiger partial charge in [-0.2, -0.15) is 0 Å². The van der Waals surface area contributed by atoms with Crippen molar-refractivity contribution in [2.24, 2.45) is 0 Å². The Hall–Kier alpha value is -5.20. The highest BCUT2D eigenvalue weighted by molar-refractivity contribution is 6.15. The average Bonchev–Trinajstić information content (AvgIpc) is 3.41. The lowest BCUT2D eigenvalue weighted by atomic mass is 9.88. The first-order chi connectivity index (χ1) is 22.0. The van der Waals surface area contributed by atoms with Gasteiger partial charge in [0.2, 0.25) is 0 Å². The Morgan fingerprint density at radius 1 is 0.333 bits per heavy atom. The van der Waals surface area contributed by atoms with Crippen molar-refractivity contribution in [2.75, 3.05) is 0 Å². The van der Waals surface area contributed by atoms with Crippen molar-refractivity contribution in [3.8, 4) is 33.4 Å². The predicted molar refractivity (Wildman–Crippen MR) is 195 cm³/mol. The molecule has 0 unspecified atom stereocenters. The van der Waals surface area contributed by atoms with Gasteiger partial charge in [0.05, 0.1) is 0 Å². The van der Waals surface area contributed by atoms with Gasteiger partial charge >= 0.3 is 0 Å². The zero-order valence-corrected chi connectivity index (χ0v) is 26.3. The number of aryl methyl sites for hydroxylation is 4. The van der Waals surface area contributed by atoms with Crippen molar-refractivity contribution in [1.29, 1.82) is 0 Å². The number of benzene rings is 8. The lowest BCUT2D eigenvalue weighted by Gasteiger charge is -2.16. The Bertz CT molecular complexity index is 2240. The maximum atomic E-state index is 2.47. The fraction of sp³-hybridized carbons (Fsp3) is 0.111. The number of rotatable bonds is 2. The van der Waals surface area contributed by atoms with Gasteiger partial charge in [-0.1, -0.05) is 109 Å². The van der Waals surface area contributed by atoms with E-state index in [4.69, 9.17) is 0 Å². The van der Waals surface area contributed by atoms with E-state index < -0.39 is 0 Å². The van der Waals surface area contributed by atoms with Gasteiger partial charge in [-0.05, 0) is 156 Å². The van der Waals surface area contributed by atoms with Gasteiger partial charge < -0.3 is 0 Å². The quantitative estimate of drug-likeness (QED) is 0.180. The lowest BCUT2D eigenvalue weighted by molar-refractivity contribution is 1.26. The van der Waals surface area contributed by atoms with E-state index in [1.54, 1.807) is 0 Å². The van der Waals surface area contributed by atoms with Crippen LogP contribution in [0.4, 0.5) is 0 Å². The molecular formula is C45H34. The molecule has 0 atom stereocenters. The maximum absolute atomic E-state index is 2.47. The molecule has 0 amide bonds. The van der Waals surface area contributed by atoms with Crippen LogP contribution in [0, 0.1) is 27.7 Å². The van der Waals surface area contributed by atoms with Gasteiger partial charge in [-0.15, -0.1) is 0 Å². The number of fused-ring (bicyclic) bond motifs is 7. The van der Waals surface area contributed by atoms with E-state index in [-0.39, 0.29) is 0 Å². The van der Waals surface area contributed by atoms with Crippen LogP contribution in [0.3, 0.4) is 0 Å². The van der Waals surface area contributed by atoms with E-state index in [9.17, 15) is 0 Å². The summed E-state index contributed by atoms with van der Waals surface area (Å²) in [7, 11) is 0. The van der Waals surface area contributed by atoms with E-state index in [1.807, 2.05) is 0 Å². The molecule has 0 nitrogen and oxygen atoms in total. The standard InChI is InChI=1S/C45H34/c1-26-9-5-13-36-40(26)24-41-27(2)10-6-14-37(41)44(36)30-17-19-34-32(21-30)23-33-22-31(18-20-35(33)34)45-38-15-7-11-28(3)42(38)25-43-29(4)12-8-16-39(43)45/h5-22,24-25H,23H2,1-4H3. The van der Waals surface area contributed by atoms with E-state index in [0.29, 0.717) is 0 Å². The highest BCUT2D eigenvalue weighted by Gasteiger charge is 2.22. The Labute approximate surface area is 264 Å². The number of hydrogen-bond acceptors (Lipinski definition) is 0. The van der Waals surface area contributed by atoms with Crippen molar-refractivity contribution >= 4 is 43.1 Å². The van der Waals surface area contributed by atoms with Crippen LogP contribution in [0.5, 0.6) is 0 Å². The van der Waals surface area contributed by atoms with Gasteiger partial charge in [-0.25, -0.2) is 0 Å². The van der Waals surface area contributed by atoms with Crippen LogP contribution in [0.25, 0.3) is 76.5 Å². The summed E-state index contributed by atoms with van der Waals surface area (Å²) in [6.07, 6.45) is 0.952. The molecule has 0 saturated heterocycles. The third-order valence-electron chi connectivity index (χ3n) is 10.4. The molecule has 9 rings (SSSR count). The normalized spacial score (nSPS) is 12.4. The second-order valence-corrected chi connectivity index (χ2v) is 13.1. The van der Waals surface area contributed by atoms with Gasteiger partial charge in [0.1, 0.15) is 0 Å². The first-order valence-corrected chi connectivity index (χ1v) is 16.1. The summed E-state index contributed by atoms with van der Waals surface area (Å²) in [5.41, 5.74) is 16.2. The van der Waals surface area contributed by atoms with Gasteiger partial charge in [0.15, 0.2) is 0 Å². The highest BCUT2D eigenvalue weighted by atomic mass is 14.3. The molecule has 0 aliphatic heterocycles. The molecule has 0 fully saturated rings. The molecule has 0 heteroatoms. The second-order valence-electron chi connectivity index (χ2n) is 13.1. The van der Waals surface area contributed by atoms with Crippen molar-refractivity contribution < 1.29 is 0 Å². The molecule has 0 spiro atoms. The molecule has 1 aliphatic rings. The summed E-state index contributed by atoms with van der Waals surface area (Å²) < 4.78 is 0. The van der Waals surface area contributed by atoms with Crippen LogP contribution >= 0.6 is 0 Å². The molecule has 0 heterocycles. The fourth-order valence-electron chi connectivity index (χ4n) is 8.08. The van der Waals surface area contributed by atoms with Gasteiger partial charge in [0.25, 0.3) is 0 Å². The molecule has 214 valence electrons. The summed E-state index contributed by atoms with van der Waals surface area (Å²) in [6.45, 7) is 8.92. The average molecular weight is 575 g/mol. The van der Waals surface area contributed by atoms with Crippen LogP contribution < -0.4 is 0 Å². The van der Waals surface area contributed by atoms with Crippen LogP contribution in [-0.4, -0.2) is 0 Å². The first kappa shape index (κ1) is 26.2. The minimum absolute atomic E-state index is 0.952. The van der Waals surface area contributed by atoms with E-state index in [2.05, 4.69) is 149 Å². The van der Waals surface area contributed by atoms with Gasteiger partial charge in [0, 0.05) is 0 Å². The zero-order chi connectivity index (χ0) is 30.4. The smallest absolute Gasteiger partial charge is 0.00130 e. The first-order valence-electron chi connectivity index (χ1n) is 16.1. The van der Waals surface area contributed by atoms with Crippen LogP contribution in [0.1, 0.15) is 33.4 Å². The zero-order valence-electron chi connectivity index (χ0n) is 26.3. The van der Waals surface area contributed by atoms with E-state index in [0.717, 1.165) is 6.42 Å². The lowest BCUT2D eigenvalue weighted by Crippen LogP contribution is -1.91. The summed E-state index contributed by atoms with van der Waals surface area (Å²) in [6, 6.07) is 46.1. The molecule has 8 aromatic rings. The summed E-state index contributed by atoms with van der Waals surface area (Å²) in [4.78, 5) is 0. The fourth-order valence-corrected chi connectivity index (χ4v) is 8.08. The molecule has 0 saturated carbocycles. The highest BCUT2D eigenvalue weighted by Crippen LogP contribution is 2.45. The van der Waals surface area contributed by atoms with E-state index >= 15 is 0 Å². The third-order valence-corrected chi connectivity index (χ3v) is 10.4. The second kappa shape index (κ2) is 9.65. The third kappa shape index (κ3) is 3.85. The van der Waals surface area contributed by atoms with Crippen molar-refractivity contribution in [3.05, 3.63) is 155 Å². The largest absolute Gasteiger partial charge is 0.0613 e. The summed E-state index contributed by atoms with van der Waals surface area (Å²) in [5.74, 6) is 0. The minimum atomic E-state index is 0.952.